The summed E-state index contributed by atoms with van der Waals surface area (Å²) in [6.45, 7) is 3.98. The molecule has 0 bridgehead atoms. The molecule has 0 aromatic rings. The number of nitrogens with one attached hydrogen (secondary N) is 1. The number of piperidine rings is 2. The summed E-state index contributed by atoms with van der Waals surface area (Å²) in [5.41, 5.74) is 0. The Morgan fingerprint density at radius 1 is 1.17 bits per heavy atom. The van der Waals surface area contributed by atoms with Crippen LogP contribution in [0, 0.1) is 5.92 Å². The van der Waals surface area contributed by atoms with E-state index in [-0.39, 0.29) is 12.6 Å². The molecule has 0 amide bonds. The summed E-state index contributed by atoms with van der Waals surface area (Å²) in [5.74, 6) is 0.463. The maximum absolute atomic E-state index is 12.4. The van der Waals surface area contributed by atoms with Gasteiger partial charge in [0.05, 0.1) is 6.61 Å². The Hall–Kier alpha value is -0.250. The van der Waals surface area contributed by atoms with Gasteiger partial charge in [-0.1, -0.05) is 6.42 Å². The Bertz CT molecular complexity index is 438. The maximum atomic E-state index is 12.4. The highest BCUT2D eigenvalue weighted by atomic mass is 32.2. The lowest BCUT2D eigenvalue weighted by molar-refractivity contribution is 0.0921. The molecule has 23 heavy (non-hydrogen) atoms. The zero-order valence-electron chi connectivity index (χ0n) is 14.1. The Morgan fingerprint density at radius 3 is 2.57 bits per heavy atom. The topological polar surface area (TPSA) is 82.1 Å². The van der Waals surface area contributed by atoms with Gasteiger partial charge in [0.25, 0.3) is 10.2 Å². The van der Waals surface area contributed by atoms with Gasteiger partial charge in [0.15, 0.2) is 0 Å². The lowest BCUT2D eigenvalue weighted by atomic mass is 9.99. The number of rotatable bonds is 8. The normalized spacial score (nSPS) is 25.7. The summed E-state index contributed by atoms with van der Waals surface area (Å²) >= 11 is 0. The van der Waals surface area contributed by atoms with Crippen molar-refractivity contribution in [2.24, 2.45) is 5.92 Å². The minimum Gasteiger partial charge on any atom is -0.395 e. The number of aliphatic hydroxyl groups is 1. The molecule has 2 rings (SSSR count). The standard InChI is InChI=1S/C15H31N3O4S/c1-22-13-14-5-9-18(10-6-14)23(20,21)16-7-11-17-8-3-2-4-15(17)12-19/h14-16,19H,2-13H2,1H3. The van der Waals surface area contributed by atoms with E-state index >= 15 is 0 Å². The molecular formula is C15H31N3O4S. The molecule has 8 heteroatoms. The first-order chi connectivity index (χ1) is 11.1. The summed E-state index contributed by atoms with van der Waals surface area (Å²) in [4.78, 5) is 2.19. The van der Waals surface area contributed by atoms with E-state index in [1.807, 2.05) is 0 Å². The van der Waals surface area contributed by atoms with Crippen molar-refractivity contribution in [3.8, 4) is 0 Å². The van der Waals surface area contributed by atoms with Gasteiger partial charge >= 0.3 is 0 Å². The number of hydrogen-bond acceptors (Lipinski definition) is 5. The molecule has 7 nitrogen and oxygen atoms in total. The molecular weight excluding hydrogens is 318 g/mol. The highest BCUT2D eigenvalue weighted by molar-refractivity contribution is 7.87. The molecule has 0 radical (unpaired) electrons. The zero-order chi connectivity index (χ0) is 16.7. The SMILES string of the molecule is COCC1CCN(S(=O)(=O)NCCN2CCCCC2CO)CC1. The predicted octanol–water partition coefficient (Wildman–Crippen LogP) is 0.0260. The Morgan fingerprint density at radius 2 is 1.91 bits per heavy atom. The molecule has 0 saturated carbocycles. The number of ether oxygens (including phenoxy) is 1. The average molecular weight is 349 g/mol. The number of aliphatic hydroxyl groups excluding tert-OH is 1. The van der Waals surface area contributed by atoms with E-state index in [0.29, 0.717) is 38.7 Å². The Balaban J connectivity index is 1.74. The average Bonchev–Trinajstić information content (AvgIpc) is 2.56. The van der Waals surface area contributed by atoms with Gasteiger partial charge in [-0.15, -0.1) is 0 Å². The van der Waals surface area contributed by atoms with E-state index < -0.39 is 10.2 Å². The van der Waals surface area contributed by atoms with Crippen LogP contribution in [-0.4, -0.2) is 81.8 Å². The van der Waals surface area contributed by atoms with Gasteiger partial charge in [-0.05, 0) is 38.1 Å². The van der Waals surface area contributed by atoms with Gasteiger partial charge in [0.2, 0.25) is 0 Å². The molecule has 0 aromatic heterocycles. The van der Waals surface area contributed by atoms with E-state index in [2.05, 4.69) is 9.62 Å². The predicted molar refractivity (Wildman–Crippen MR) is 89.4 cm³/mol. The largest absolute Gasteiger partial charge is 0.395 e. The van der Waals surface area contributed by atoms with Gasteiger partial charge in [-0.3, -0.25) is 4.90 Å². The summed E-state index contributed by atoms with van der Waals surface area (Å²) in [5, 5.41) is 9.39. The zero-order valence-corrected chi connectivity index (χ0v) is 14.9. The fourth-order valence-corrected chi connectivity index (χ4v) is 4.75. The van der Waals surface area contributed by atoms with E-state index in [1.165, 1.54) is 0 Å². The van der Waals surface area contributed by atoms with Crippen molar-refractivity contribution < 1.29 is 18.3 Å². The third-order valence-electron chi connectivity index (χ3n) is 4.96. The van der Waals surface area contributed by atoms with Crippen LogP contribution in [0.3, 0.4) is 0 Å². The van der Waals surface area contributed by atoms with Crippen LogP contribution in [0.2, 0.25) is 0 Å². The second kappa shape index (κ2) is 9.29. The first kappa shape index (κ1) is 19.1. The highest BCUT2D eigenvalue weighted by Crippen LogP contribution is 2.19. The Kier molecular flexibility index (Phi) is 7.71. The van der Waals surface area contributed by atoms with Crippen LogP contribution < -0.4 is 4.72 Å². The van der Waals surface area contributed by atoms with Gasteiger partial charge < -0.3 is 9.84 Å². The molecule has 0 spiro atoms. The molecule has 2 aliphatic heterocycles. The minimum absolute atomic E-state index is 0.153. The van der Waals surface area contributed by atoms with E-state index in [9.17, 15) is 13.5 Å². The molecule has 2 heterocycles. The lowest BCUT2D eigenvalue weighted by Crippen LogP contribution is -2.49. The summed E-state index contributed by atoms with van der Waals surface area (Å²) < 4.78 is 34.1. The quantitative estimate of drug-likeness (QED) is 0.646. The molecule has 2 fully saturated rings. The van der Waals surface area contributed by atoms with Crippen LogP contribution in [0.5, 0.6) is 0 Å². The fourth-order valence-electron chi connectivity index (χ4n) is 3.52. The third kappa shape index (κ3) is 5.65. The third-order valence-corrected chi connectivity index (χ3v) is 6.57. The maximum Gasteiger partial charge on any atom is 0.279 e. The fraction of sp³-hybridized carbons (Fsp3) is 1.00. The van der Waals surface area contributed by atoms with Gasteiger partial charge in [0.1, 0.15) is 0 Å². The molecule has 2 aliphatic rings. The van der Waals surface area contributed by atoms with Crippen LogP contribution in [0.25, 0.3) is 0 Å². The minimum atomic E-state index is -3.39. The molecule has 0 aliphatic carbocycles. The molecule has 1 atom stereocenters. The number of likely N-dealkylation sites (tertiary alicyclic amines) is 1. The summed E-state index contributed by atoms with van der Waals surface area (Å²) in [7, 11) is -1.71. The van der Waals surface area contributed by atoms with Crippen molar-refractivity contribution in [1.29, 1.82) is 0 Å². The lowest BCUT2D eigenvalue weighted by Gasteiger charge is -2.35. The van der Waals surface area contributed by atoms with E-state index in [1.54, 1.807) is 11.4 Å². The second-order valence-electron chi connectivity index (χ2n) is 6.57. The summed E-state index contributed by atoms with van der Waals surface area (Å²) in [6, 6.07) is 0.179. The monoisotopic (exact) mass is 349 g/mol. The first-order valence-electron chi connectivity index (χ1n) is 8.65. The van der Waals surface area contributed by atoms with Crippen molar-refractivity contribution in [3.63, 3.8) is 0 Å². The second-order valence-corrected chi connectivity index (χ2v) is 8.32. The van der Waals surface area contributed by atoms with Crippen LogP contribution >= 0.6 is 0 Å². The van der Waals surface area contributed by atoms with Crippen molar-refractivity contribution in [2.45, 2.75) is 38.1 Å². The van der Waals surface area contributed by atoms with Gasteiger partial charge in [-0.2, -0.15) is 12.7 Å². The first-order valence-corrected chi connectivity index (χ1v) is 10.1. The van der Waals surface area contributed by atoms with Crippen LogP contribution in [0.1, 0.15) is 32.1 Å². The van der Waals surface area contributed by atoms with Crippen molar-refractivity contribution >= 4 is 10.2 Å². The van der Waals surface area contributed by atoms with Crippen LogP contribution in [0.15, 0.2) is 0 Å². The summed E-state index contributed by atoms with van der Waals surface area (Å²) in [6.07, 6.45) is 4.97. The number of hydrogen-bond donors (Lipinski definition) is 2. The highest BCUT2D eigenvalue weighted by Gasteiger charge is 2.28. The van der Waals surface area contributed by atoms with Crippen LogP contribution in [-0.2, 0) is 14.9 Å². The smallest absolute Gasteiger partial charge is 0.279 e. The van der Waals surface area contributed by atoms with Gasteiger partial charge in [0, 0.05) is 45.9 Å². The molecule has 0 aromatic carbocycles. The molecule has 136 valence electrons. The number of methoxy groups -OCH3 is 1. The van der Waals surface area contributed by atoms with Gasteiger partial charge in [-0.25, -0.2) is 4.72 Å². The van der Waals surface area contributed by atoms with Crippen molar-refractivity contribution in [1.82, 2.24) is 13.9 Å². The van der Waals surface area contributed by atoms with Crippen molar-refractivity contribution in [3.05, 3.63) is 0 Å². The van der Waals surface area contributed by atoms with Crippen LogP contribution in [0.4, 0.5) is 0 Å². The molecule has 2 saturated heterocycles. The molecule has 1 unspecified atom stereocenters. The Labute approximate surface area is 140 Å². The van der Waals surface area contributed by atoms with E-state index in [4.69, 9.17) is 4.74 Å². The van der Waals surface area contributed by atoms with E-state index in [0.717, 1.165) is 38.6 Å². The molecule has 2 N–H and O–H groups in total. The number of nitrogens with zero attached hydrogens (tertiary/aromatic N) is 2. The van der Waals surface area contributed by atoms with Crippen molar-refractivity contribution in [2.75, 3.05) is 53.0 Å².